The van der Waals surface area contributed by atoms with Crippen LogP contribution in [0.15, 0.2) is 24.3 Å². The SMILES string of the molecule is CCCN(CCCCCl)c1nc(Cl)c2ccccc2n1. The van der Waals surface area contributed by atoms with Gasteiger partial charge in [-0.05, 0) is 31.4 Å². The molecule has 0 aliphatic rings. The maximum absolute atomic E-state index is 6.27. The highest BCUT2D eigenvalue weighted by atomic mass is 35.5. The zero-order valence-electron chi connectivity index (χ0n) is 11.6. The van der Waals surface area contributed by atoms with E-state index in [0.29, 0.717) is 17.0 Å². The van der Waals surface area contributed by atoms with E-state index >= 15 is 0 Å². The third kappa shape index (κ3) is 3.74. The topological polar surface area (TPSA) is 29.0 Å². The lowest BCUT2D eigenvalue weighted by atomic mass is 10.2. The summed E-state index contributed by atoms with van der Waals surface area (Å²) >= 11 is 12.0. The van der Waals surface area contributed by atoms with Crippen molar-refractivity contribution in [3.63, 3.8) is 0 Å². The summed E-state index contributed by atoms with van der Waals surface area (Å²) in [6.45, 7) is 3.99. The van der Waals surface area contributed by atoms with Gasteiger partial charge in [-0.15, -0.1) is 11.6 Å². The first-order chi connectivity index (χ1) is 9.76. The van der Waals surface area contributed by atoms with Crippen molar-refractivity contribution in [2.75, 3.05) is 23.9 Å². The van der Waals surface area contributed by atoms with Gasteiger partial charge in [-0.25, -0.2) is 9.97 Å². The normalized spacial score (nSPS) is 10.9. The van der Waals surface area contributed by atoms with Crippen molar-refractivity contribution in [3.8, 4) is 0 Å². The van der Waals surface area contributed by atoms with Crippen LogP contribution in [0.5, 0.6) is 0 Å². The van der Waals surface area contributed by atoms with Crippen LogP contribution in [0.3, 0.4) is 0 Å². The van der Waals surface area contributed by atoms with Gasteiger partial charge in [0.15, 0.2) is 0 Å². The van der Waals surface area contributed by atoms with Gasteiger partial charge in [-0.1, -0.05) is 30.7 Å². The molecular formula is C15H19Cl2N3. The fourth-order valence-corrected chi connectivity index (χ4v) is 2.57. The van der Waals surface area contributed by atoms with Crippen molar-refractivity contribution < 1.29 is 0 Å². The summed E-state index contributed by atoms with van der Waals surface area (Å²) in [7, 11) is 0. The lowest BCUT2D eigenvalue weighted by Gasteiger charge is -2.22. The van der Waals surface area contributed by atoms with Gasteiger partial charge < -0.3 is 4.90 Å². The van der Waals surface area contributed by atoms with Crippen molar-refractivity contribution in [2.24, 2.45) is 0 Å². The molecule has 1 aromatic heterocycles. The molecule has 0 N–H and O–H groups in total. The van der Waals surface area contributed by atoms with Gasteiger partial charge in [0.05, 0.1) is 5.52 Å². The van der Waals surface area contributed by atoms with Gasteiger partial charge in [-0.2, -0.15) is 0 Å². The number of alkyl halides is 1. The molecule has 0 bridgehead atoms. The molecule has 0 aliphatic carbocycles. The summed E-state index contributed by atoms with van der Waals surface area (Å²) in [5.41, 5.74) is 0.890. The number of unbranched alkanes of at least 4 members (excludes halogenated alkanes) is 1. The molecule has 0 spiro atoms. The Kier molecular flexibility index (Phi) is 5.86. The first-order valence-electron chi connectivity index (χ1n) is 6.99. The number of fused-ring (bicyclic) bond motifs is 1. The predicted molar refractivity (Wildman–Crippen MR) is 87.0 cm³/mol. The van der Waals surface area contributed by atoms with Crippen LogP contribution in [-0.4, -0.2) is 28.9 Å². The molecule has 108 valence electrons. The van der Waals surface area contributed by atoms with Crippen LogP contribution >= 0.6 is 23.2 Å². The number of nitrogens with zero attached hydrogens (tertiary/aromatic N) is 3. The van der Waals surface area contributed by atoms with Crippen LogP contribution in [-0.2, 0) is 0 Å². The Morgan fingerprint density at radius 2 is 1.90 bits per heavy atom. The van der Waals surface area contributed by atoms with Crippen molar-refractivity contribution in [1.82, 2.24) is 9.97 Å². The van der Waals surface area contributed by atoms with Gasteiger partial charge in [0.1, 0.15) is 5.15 Å². The maximum atomic E-state index is 6.27. The zero-order valence-corrected chi connectivity index (χ0v) is 13.2. The molecule has 2 rings (SSSR count). The van der Waals surface area contributed by atoms with E-state index in [2.05, 4.69) is 21.8 Å². The Morgan fingerprint density at radius 3 is 2.65 bits per heavy atom. The van der Waals surface area contributed by atoms with Crippen LogP contribution in [0.2, 0.25) is 5.15 Å². The van der Waals surface area contributed by atoms with E-state index in [-0.39, 0.29) is 0 Å². The molecule has 20 heavy (non-hydrogen) atoms. The van der Waals surface area contributed by atoms with Crippen LogP contribution in [0.25, 0.3) is 10.9 Å². The van der Waals surface area contributed by atoms with Crippen molar-refractivity contribution in [2.45, 2.75) is 26.2 Å². The first-order valence-corrected chi connectivity index (χ1v) is 7.90. The molecule has 0 atom stereocenters. The lowest BCUT2D eigenvalue weighted by molar-refractivity contribution is 0.690. The monoisotopic (exact) mass is 311 g/mol. The van der Waals surface area contributed by atoms with E-state index in [1.165, 1.54) is 0 Å². The van der Waals surface area contributed by atoms with Crippen molar-refractivity contribution in [1.29, 1.82) is 0 Å². The number of benzene rings is 1. The number of para-hydroxylation sites is 1. The summed E-state index contributed by atoms with van der Waals surface area (Å²) in [5.74, 6) is 1.41. The van der Waals surface area contributed by atoms with E-state index in [1.807, 2.05) is 24.3 Å². The zero-order chi connectivity index (χ0) is 14.4. The number of rotatable bonds is 7. The van der Waals surface area contributed by atoms with Crippen LogP contribution in [0, 0.1) is 0 Å². The average Bonchev–Trinajstić information content (AvgIpc) is 2.46. The Balaban J connectivity index is 2.27. The summed E-state index contributed by atoms with van der Waals surface area (Å²) in [5, 5.41) is 1.42. The summed E-state index contributed by atoms with van der Waals surface area (Å²) in [6, 6.07) is 7.82. The number of anilines is 1. The molecule has 3 nitrogen and oxygen atoms in total. The fourth-order valence-electron chi connectivity index (χ4n) is 2.15. The van der Waals surface area contributed by atoms with Crippen LogP contribution in [0.1, 0.15) is 26.2 Å². The molecule has 0 radical (unpaired) electrons. The van der Waals surface area contributed by atoms with E-state index in [9.17, 15) is 0 Å². The van der Waals surface area contributed by atoms with E-state index in [0.717, 1.165) is 43.3 Å². The molecular weight excluding hydrogens is 293 g/mol. The van der Waals surface area contributed by atoms with Crippen molar-refractivity contribution >= 4 is 40.1 Å². The Labute approximate surface area is 129 Å². The second kappa shape index (κ2) is 7.65. The summed E-state index contributed by atoms with van der Waals surface area (Å²) < 4.78 is 0. The van der Waals surface area contributed by atoms with E-state index in [1.54, 1.807) is 0 Å². The van der Waals surface area contributed by atoms with Gasteiger partial charge >= 0.3 is 0 Å². The summed E-state index contributed by atoms with van der Waals surface area (Å²) in [4.78, 5) is 11.3. The Bertz CT molecular complexity index is 560. The lowest BCUT2D eigenvalue weighted by Crippen LogP contribution is -2.27. The van der Waals surface area contributed by atoms with Gasteiger partial charge in [0, 0.05) is 24.4 Å². The fraction of sp³-hybridized carbons (Fsp3) is 0.467. The van der Waals surface area contributed by atoms with Gasteiger partial charge in [0.25, 0.3) is 0 Å². The van der Waals surface area contributed by atoms with E-state index in [4.69, 9.17) is 23.2 Å². The minimum Gasteiger partial charge on any atom is -0.341 e. The molecule has 2 aromatic rings. The minimum absolute atomic E-state index is 0.518. The second-order valence-electron chi connectivity index (χ2n) is 4.71. The van der Waals surface area contributed by atoms with Crippen LogP contribution in [0.4, 0.5) is 5.95 Å². The predicted octanol–water partition coefficient (Wildman–Crippen LogP) is 4.52. The second-order valence-corrected chi connectivity index (χ2v) is 5.45. The van der Waals surface area contributed by atoms with Gasteiger partial charge in [0.2, 0.25) is 5.95 Å². The highest BCUT2D eigenvalue weighted by Gasteiger charge is 2.12. The number of aromatic nitrogens is 2. The minimum atomic E-state index is 0.518. The maximum Gasteiger partial charge on any atom is 0.227 e. The third-order valence-corrected chi connectivity index (χ3v) is 3.69. The van der Waals surface area contributed by atoms with E-state index < -0.39 is 0 Å². The molecule has 1 aromatic carbocycles. The highest BCUT2D eigenvalue weighted by Crippen LogP contribution is 2.23. The molecule has 0 saturated carbocycles. The molecule has 0 saturated heterocycles. The highest BCUT2D eigenvalue weighted by molar-refractivity contribution is 6.34. The number of hydrogen-bond acceptors (Lipinski definition) is 3. The standard InChI is InChI=1S/C15H19Cl2N3/c1-2-10-20(11-6-5-9-16)15-18-13-8-4-3-7-12(13)14(17)19-15/h3-4,7-8H,2,5-6,9-11H2,1H3. The number of hydrogen-bond donors (Lipinski definition) is 0. The Hall–Kier alpha value is -1.06. The number of halogens is 2. The van der Waals surface area contributed by atoms with Crippen molar-refractivity contribution in [3.05, 3.63) is 29.4 Å². The van der Waals surface area contributed by atoms with Crippen LogP contribution < -0.4 is 4.90 Å². The molecule has 0 amide bonds. The molecule has 0 unspecified atom stereocenters. The quantitative estimate of drug-likeness (QED) is 0.428. The summed E-state index contributed by atoms with van der Waals surface area (Å²) in [6.07, 6.45) is 3.09. The smallest absolute Gasteiger partial charge is 0.227 e. The molecule has 5 heteroatoms. The largest absolute Gasteiger partial charge is 0.341 e. The third-order valence-electron chi connectivity index (χ3n) is 3.13. The Morgan fingerprint density at radius 1 is 1.10 bits per heavy atom. The molecule has 1 heterocycles. The molecule has 0 aliphatic heterocycles. The van der Waals surface area contributed by atoms with Gasteiger partial charge in [-0.3, -0.25) is 0 Å². The first kappa shape index (κ1) is 15.3. The molecule has 0 fully saturated rings. The average molecular weight is 312 g/mol.